The van der Waals surface area contributed by atoms with Crippen LogP contribution in [0.5, 0.6) is 0 Å². The normalized spacial score (nSPS) is 20.9. The number of esters is 1. The van der Waals surface area contributed by atoms with Gasteiger partial charge in [-0.1, -0.05) is 64.7 Å². The zero-order valence-corrected chi connectivity index (χ0v) is 20.4. The van der Waals surface area contributed by atoms with Crippen LogP contribution in [-0.4, -0.2) is 93.6 Å². The van der Waals surface area contributed by atoms with E-state index in [1.165, 1.54) is 38.5 Å². The monoisotopic (exact) mass is 492 g/mol. The Morgan fingerprint density at radius 1 is 0.794 bits per heavy atom. The summed E-state index contributed by atoms with van der Waals surface area (Å²) in [7, 11) is 0. The number of aliphatic hydroxyl groups is 6. The zero-order valence-electron chi connectivity index (χ0n) is 20.4. The summed E-state index contributed by atoms with van der Waals surface area (Å²) in [6.45, 7) is -0.119. The summed E-state index contributed by atoms with van der Waals surface area (Å²) in [6, 6.07) is 0. The van der Waals surface area contributed by atoms with Crippen molar-refractivity contribution in [1.82, 2.24) is 0 Å². The molecule has 0 fully saturated rings. The number of ether oxygens (including phenoxy) is 3. The van der Waals surface area contributed by atoms with Gasteiger partial charge in [-0.25, -0.2) is 4.79 Å². The van der Waals surface area contributed by atoms with Gasteiger partial charge in [-0.05, 0) is 6.42 Å². The molecule has 1 aliphatic rings. The van der Waals surface area contributed by atoms with Gasteiger partial charge in [0.15, 0.2) is 5.76 Å². The lowest BCUT2D eigenvalue weighted by atomic mass is 9.88. The summed E-state index contributed by atoms with van der Waals surface area (Å²) in [5.41, 5.74) is -1.95. The molecule has 0 aromatic carbocycles. The van der Waals surface area contributed by atoms with E-state index in [9.17, 15) is 30.3 Å². The summed E-state index contributed by atoms with van der Waals surface area (Å²) >= 11 is 0. The van der Waals surface area contributed by atoms with Crippen LogP contribution in [0.25, 0.3) is 0 Å². The zero-order chi connectivity index (χ0) is 25.4. The van der Waals surface area contributed by atoms with E-state index < -0.39 is 68.5 Å². The molecule has 0 spiro atoms. The molecule has 4 atom stereocenters. The maximum absolute atomic E-state index is 12.5. The van der Waals surface area contributed by atoms with Crippen LogP contribution < -0.4 is 0 Å². The molecule has 0 saturated carbocycles. The van der Waals surface area contributed by atoms with Crippen molar-refractivity contribution < 1.29 is 49.6 Å². The Balaban J connectivity index is 2.77. The van der Waals surface area contributed by atoms with E-state index in [-0.39, 0.29) is 12.4 Å². The van der Waals surface area contributed by atoms with E-state index in [0.717, 1.165) is 19.3 Å². The lowest BCUT2D eigenvalue weighted by Crippen LogP contribution is -2.50. The van der Waals surface area contributed by atoms with Gasteiger partial charge in [0.05, 0.1) is 32.5 Å². The molecule has 10 heteroatoms. The third-order valence-electron chi connectivity index (χ3n) is 5.89. The number of hydrogen-bond acceptors (Lipinski definition) is 10. The van der Waals surface area contributed by atoms with Crippen molar-refractivity contribution >= 4 is 5.97 Å². The first-order valence-corrected chi connectivity index (χ1v) is 12.5. The van der Waals surface area contributed by atoms with E-state index in [4.69, 9.17) is 19.3 Å². The number of cyclic esters (lactones) is 1. The number of hydrogen-bond donors (Lipinski definition) is 6. The minimum absolute atomic E-state index is 0.174. The highest BCUT2D eigenvalue weighted by Gasteiger charge is 2.56. The molecule has 0 amide bonds. The van der Waals surface area contributed by atoms with E-state index in [1.807, 2.05) is 0 Å². The second-order valence-corrected chi connectivity index (χ2v) is 8.85. The fourth-order valence-corrected chi connectivity index (χ4v) is 3.90. The van der Waals surface area contributed by atoms with Crippen LogP contribution in [0.4, 0.5) is 0 Å². The number of carbonyl (C=O) groups is 1. The highest BCUT2D eigenvalue weighted by Crippen LogP contribution is 2.41. The highest BCUT2D eigenvalue weighted by atomic mass is 16.6. The first-order chi connectivity index (χ1) is 16.4. The van der Waals surface area contributed by atoms with Crippen molar-refractivity contribution in [3.8, 4) is 0 Å². The first-order valence-electron chi connectivity index (χ1n) is 12.5. The van der Waals surface area contributed by atoms with Crippen LogP contribution in [0.1, 0.15) is 77.6 Å². The third-order valence-corrected chi connectivity index (χ3v) is 5.89. The van der Waals surface area contributed by atoms with E-state index in [2.05, 4.69) is 6.92 Å². The standard InChI is InChI=1S/C24H44O10/c1-2-3-4-5-6-7-8-9-10-11-12-32-22-21(33-17-19(29)15-26)23(31)34-24(22,20(30)16-27)13-18(28)14-25/h18-20,25-30H,2-17H2,1H3/t18?,19?,20-,24+/m0/s1. The molecule has 6 N–H and O–H groups in total. The average Bonchev–Trinajstić information content (AvgIpc) is 3.10. The van der Waals surface area contributed by atoms with Crippen LogP contribution in [0.3, 0.4) is 0 Å². The smallest absolute Gasteiger partial charge is 0.378 e. The molecular weight excluding hydrogens is 448 g/mol. The van der Waals surface area contributed by atoms with E-state index >= 15 is 0 Å². The Morgan fingerprint density at radius 3 is 1.88 bits per heavy atom. The highest BCUT2D eigenvalue weighted by molar-refractivity contribution is 5.90. The number of unbranched alkanes of at least 4 members (excludes halogenated alkanes) is 9. The summed E-state index contributed by atoms with van der Waals surface area (Å²) in [5.74, 6) is -1.61. The molecule has 200 valence electrons. The fourth-order valence-electron chi connectivity index (χ4n) is 3.90. The molecule has 34 heavy (non-hydrogen) atoms. The molecule has 2 unspecified atom stereocenters. The SMILES string of the molecule is CCCCCCCCCCCCOC1=C(OCC(O)CO)C(=O)O[C@]1(CC(O)CO)[C@@H](O)CO. The predicted octanol–water partition coefficient (Wildman–Crippen LogP) is 0.897. The molecule has 0 saturated heterocycles. The molecule has 0 radical (unpaired) electrons. The van der Waals surface area contributed by atoms with Gasteiger partial charge < -0.3 is 44.8 Å². The Morgan fingerprint density at radius 2 is 1.35 bits per heavy atom. The Labute approximate surface area is 202 Å². The van der Waals surface area contributed by atoms with E-state index in [0.29, 0.717) is 6.42 Å². The van der Waals surface area contributed by atoms with Gasteiger partial charge in [0.2, 0.25) is 11.4 Å². The molecule has 1 heterocycles. The largest absolute Gasteiger partial charge is 0.490 e. The topological polar surface area (TPSA) is 166 Å². The predicted molar refractivity (Wildman–Crippen MR) is 123 cm³/mol. The first kappa shape index (κ1) is 30.6. The molecule has 10 nitrogen and oxygen atoms in total. The Kier molecular flexibility index (Phi) is 15.4. The van der Waals surface area contributed by atoms with Crippen molar-refractivity contribution in [2.75, 3.05) is 33.0 Å². The summed E-state index contributed by atoms with van der Waals surface area (Å²) in [6.07, 6.45) is 6.49. The summed E-state index contributed by atoms with van der Waals surface area (Å²) in [4.78, 5) is 12.5. The van der Waals surface area contributed by atoms with Crippen LogP contribution in [-0.2, 0) is 19.0 Å². The van der Waals surface area contributed by atoms with Crippen molar-refractivity contribution in [2.24, 2.45) is 0 Å². The minimum atomic E-state index is -1.95. The molecule has 0 aromatic rings. The van der Waals surface area contributed by atoms with Gasteiger partial charge in [-0.15, -0.1) is 0 Å². The maximum atomic E-state index is 12.5. The van der Waals surface area contributed by atoms with Crippen molar-refractivity contribution in [3.63, 3.8) is 0 Å². The lowest BCUT2D eigenvalue weighted by molar-refractivity contribution is -0.171. The lowest BCUT2D eigenvalue weighted by Gasteiger charge is -2.34. The quantitative estimate of drug-likeness (QED) is 0.100. The number of aliphatic hydroxyl groups excluding tert-OH is 6. The van der Waals surface area contributed by atoms with Gasteiger partial charge in [0.25, 0.3) is 0 Å². The summed E-state index contributed by atoms with van der Waals surface area (Å²) < 4.78 is 16.5. The molecule has 0 aliphatic carbocycles. The Hall–Kier alpha value is -1.43. The maximum Gasteiger partial charge on any atom is 0.378 e. The number of rotatable bonds is 21. The molecule has 1 rings (SSSR count). The average molecular weight is 493 g/mol. The molecular formula is C24H44O10. The van der Waals surface area contributed by atoms with Crippen LogP contribution in [0, 0.1) is 0 Å². The van der Waals surface area contributed by atoms with E-state index in [1.54, 1.807) is 0 Å². The Bertz CT molecular complexity index is 596. The van der Waals surface area contributed by atoms with Gasteiger partial charge in [0, 0.05) is 6.42 Å². The summed E-state index contributed by atoms with van der Waals surface area (Å²) in [5, 5.41) is 57.9. The molecule has 0 bridgehead atoms. The second-order valence-electron chi connectivity index (χ2n) is 8.85. The van der Waals surface area contributed by atoms with Crippen molar-refractivity contribution in [3.05, 3.63) is 11.5 Å². The van der Waals surface area contributed by atoms with Crippen LogP contribution in [0.2, 0.25) is 0 Å². The second kappa shape index (κ2) is 17.1. The minimum Gasteiger partial charge on any atom is -0.490 e. The van der Waals surface area contributed by atoms with Gasteiger partial charge in [-0.3, -0.25) is 0 Å². The van der Waals surface area contributed by atoms with Gasteiger partial charge in [-0.2, -0.15) is 0 Å². The van der Waals surface area contributed by atoms with Crippen LogP contribution >= 0.6 is 0 Å². The molecule has 0 aromatic heterocycles. The van der Waals surface area contributed by atoms with Gasteiger partial charge >= 0.3 is 5.97 Å². The van der Waals surface area contributed by atoms with Crippen molar-refractivity contribution in [1.29, 1.82) is 0 Å². The fraction of sp³-hybridized carbons (Fsp3) is 0.875. The van der Waals surface area contributed by atoms with Crippen LogP contribution in [0.15, 0.2) is 11.5 Å². The van der Waals surface area contributed by atoms with Gasteiger partial charge in [0.1, 0.15) is 18.8 Å². The van der Waals surface area contributed by atoms with Crippen molar-refractivity contribution in [2.45, 2.75) is 101 Å². The third kappa shape index (κ3) is 9.67. The molecule has 1 aliphatic heterocycles. The number of carbonyl (C=O) groups excluding carboxylic acids is 1.